The van der Waals surface area contributed by atoms with Crippen LogP contribution in [0.15, 0.2) is 35.3 Å². The SMILES string of the molecule is CCN1CCC(CCNC(=NC)NCCOCc2ccccc2)CC1. The van der Waals surface area contributed by atoms with Crippen LogP contribution < -0.4 is 10.6 Å². The Labute approximate surface area is 152 Å². The number of guanidine groups is 1. The van der Waals surface area contributed by atoms with Crippen molar-refractivity contribution in [3.63, 3.8) is 0 Å². The number of hydrogen-bond donors (Lipinski definition) is 2. The molecule has 0 bridgehead atoms. The summed E-state index contributed by atoms with van der Waals surface area (Å²) in [6, 6.07) is 10.3. The van der Waals surface area contributed by atoms with Crippen molar-refractivity contribution in [1.82, 2.24) is 15.5 Å². The molecule has 0 amide bonds. The minimum atomic E-state index is 0.658. The van der Waals surface area contributed by atoms with E-state index in [0.29, 0.717) is 13.2 Å². The van der Waals surface area contributed by atoms with Crippen molar-refractivity contribution in [2.75, 3.05) is 46.4 Å². The molecule has 5 heteroatoms. The molecular formula is C20H34N4O. The average molecular weight is 347 g/mol. The van der Waals surface area contributed by atoms with E-state index >= 15 is 0 Å². The lowest BCUT2D eigenvalue weighted by Crippen LogP contribution is -2.40. The number of likely N-dealkylation sites (tertiary alicyclic amines) is 1. The van der Waals surface area contributed by atoms with Gasteiger partial charge in [0.2, 0.25) is 0 Å². The molecule has 1 aromatic carbocycles. The van der Waals surface area contributed by atoms with Gasteiger partial charge in [0.1, 0.15) is 0 Å². The molecule has 1 aliphatic rings. The molecule has 140 valence electrons. The fourth-order valence-electron chi connectivity index (χ4n) is 3.21. The number of piperidine rings is 1. The lowest BCUT2D eigenvalue weighted by atomic mass is 9.93. The van der Waals surface area contributed by atoms with E-state index in [1.165, 1.54) is 44.5 Å². The van der Waals surface area contributed by atoms with Gasteiger partial charge in [-0.3, -0.25) is 4.99 Å². The Morgan fingerprint density at radius 1 is 1.16 bits per heavy atom. The van der Waals surface area contributed by atoms with E-state index in [9.17, 15) is 0 Å². The van der Waals surface area contributed by atoms with Crippen LogP contribution in [0.5, 0.6) is 0 Å². The van der Waals surface area contributed by atoms with Gasteiger partial charge in [0, 0.05) is 20.1 Å². The molecule has 0 aliphatic carbocycles. The monoisotopic (exact) mass is 346 g/mol. The number of nitrogens with zero attached hydrogens (tertiary/aromatic N) is 2. The Morgan fingerprint density at radius 3 is 2.56 bits per heavy atom. The molecule has 0 aromatic heterocycles. The van der Waals surface area contributed by atoms with Crippen molar-refractivity contribution >= 4 is 5.96 Å². The number of rotatable bonds is 9. The maximum atomic E-state index is 5.68. The topological polar surface area (TPSA) is 48.9 Å². The molecule has 1 aromatic rings. The first-order valence-electron chi connectivity index (χ1n) is 9.60. The fraction of sp³-hybridized carbons (Fsp3) is 0.650. The van der Waals surface area contributed by atoms with E-state index in [1.807, 2.05) is 25.2 Å². The third-order valence-corrected chi connectivity index (χ3v) is 4.87. The predicted octanol–water partition coefficient (Wildman–Crippen LogP) is 2.49. The fourth-order valence-corrected chi connectivity index (χ4v) is 3.21. The maximum absolute atomic E-state index is 5.68. The van der Waals surface area contributed by atoms with Crippen molar-refractivity contribution < 1.29 is 4.74 Å². The van der Waals surface area contributed by atoms with Crippen LogP contribution in [0.2, 0.25) is 0 Å². The largest absolute Gasteiger partial charge is 0.375 e. The predicted molar refractivity (Wildman–Crippen MR) is 105 cm³/mol. The molecule has 0 saturated carbocycles. The van der Waals surface area contributed by atoms with E-state index in [-0.39, 0.29) is 0 Å². The van der Waals surface area contributed by atoms with Gasteiger partial charge in [0.05, 0.1) is 13.2 Å². The molecular weight excluding hydrogens is 312 g/mol. The summed E-state index contributed by atoms with van der Waals surface area (Å²) in [6.07, 6.45) is 3.88. The van der Waals surface area contributed by atoms with Gasteiger partial charge in [-0.2, -0.15) is 0 Å². The molecule has 25 heavy (non-hydrogen) atoms. The smallest absolute Gasteiger partial charge is 0.191 e. The maximum Gasteiger partial charge on any atom is 0.191 e. The van der Waals surface area contributed by atoms with Crippen LogP contribution >= 0.6 is 0 Å². The Bertz CT molecular complexity index is 484. The summed E-state index contributed by atoms with van der Waals surface area (Å²) in [6.45, 7) is 9.04. The van der Waals surface area contributed by atoms with E-state index in [1.54, 1.807) is 0 Å². The molecule has 0 atom stereocenters. The summed E-state index contributed by atoms with van der Waals surface area (Å²) in [5.41, 5.74) is 1.21. The minimum Gasteiger partial charge on any atom is -0.375 e. The summed E-state index contributed by atoms with van der Waals surface area (Å²) >= 11 is 0. The van der Waals surface area contributed by atoms with Crippen molar-refractivity contribution in [1.29, 1.82) is 0 Å². The average Bonchev–Trinajstić information content (AvgIpc) is 2.67. The van der Waals surface area contributed by atoms with Gasteiger partial charge in [0.15, 0.2) is 5.96 Å². The van der Waals surface area contributed by atoms with Gasteiger partial charge in [-0.25, -0.2) is 0 Å². The van der Waals surface area contributed by atoms with Gasteiger partial charge in [0.25, 0.3) is 0 Å². The molecule has 0 radical (unpaired) electrons. The van der Waals surface area contributed by atoms with E-state index < -0.39 is 0 Å². The van der Waals surface area contributed by atoms with Crippen LogP contribution in [0.25, 0.3) is 0 Å². The summed E-state index contributed by atoms with van der Waals surface area (Å²) < 4.78 is 5.68. The summed E-state index contributed by atoms with van der Waals surface area (Å²) in [5, 5.41) is 6.74. The van der Waals surface area contributed by atoms with E-state index in [0.717, 1.165) is 25.0 Å². The molecule has 1 saturated heterocycles. The molecule has 0 spiro atoms. The van der Waals surface area contributed by atoms with Gasteiger partial charge in [-0.15, -0.1) is 0 Å². The van der Waals surface area contributed by atoms with Crippen LogP contribution in [-0.4, -0.2) is 57.2 Å². The molecule has 2 rings (SSSR count). The highest BCUT2D eigenvalue weighted by Gasteiger charge is 2.17. The lowest BCUT2D eigenvalue weighted by molar-refractivity contribution is 0.125. The Balaban J connectivity index is 1.51. The zero-order chi connectivity index (χ0) is 17.7. The van der Waals surface area contributed by atoms with Crippen LogP contribution in [0.3, 0.4) is 0 Å². The van der Waals surface area contributed by atoms with Crippen molar-refractivity contribution in [2.24, 2.45) is 10.9 Å². The van der Waals surface area contributed by atoms with Crippen LogP contribution in [0.4, 0.5) is 0 Å². The minimum absolute atomic E-state index is 0.658. The molecule has 2 N–H and O–H groups in total. The van der Waals surface area contributed by atoms with Gasteiger partial charge in [-0.1, -0.05) is 37.3 Å². The summed E-state index contributed by atoms with van der Waals surface area (Å²) in [4.78, 5) is 6.82. The molecule has 1 heterocycles. The van der Waals surface area contributed by atoms with Crippen molar-refractivity contribution in [2.45, 2.75) is 32.8 Å². The standard InChI is InChI=1S/C20H34N4O/c1-3-24-14-10-18(11-15-24)9-12-22-20(21-2)23-13-16-25-17-19-7-5-4-6-8-19/h4-8,18H,3,9-17H2,1-2H3,(H2,21,22,23). The highest BCUT2D eigenvalue weighted by molar-refractivity contribution is 5.79. The van der Waals surface area contributed by atoms with Crippen LogP contribution in [-0.2, 0) is 11.3 Å². The lowest BCUT2D eigenvalue weighted by Gasteiger charge is -2.31. The van der Waals surface area contributed by atoms with Gasteiger partial charge in [-0.05, 0) is 50.4 Å². The van der Waals surface area contributed by atoms with Crippen molar-refractivity contribution in [3.05, 3.63) is 35.9 Å². The van der Waals surface area contributed by atoms with E-state index in [2.05, 4.69) is 39.6 Å². The molecule has 1 aliphatic heterocycles. The Kier molecular flexibility index (Phi) is 9.37. The number of aliphatic imine (C=N–C) groups is 1. The zero-order valence-corrected chi connectivity index (χ0v) is 15.8. The molecule has 0 unspecified atom stereocenters. The Morgan fingerprint density at radius 2 is 1.88 bits per heavy atom. The normalized spacial score (nSPS) is 16.8. The second kappa shape index (κ2) is 11.9. The number of nitrogens with one attached hydrogen (secondary N) is 2. The van der Waals surface area contributed by atoms with Crippen molar-refractivity contribution in [3.8, 4) is 0 Å². The quantitative estimate of drug-likeness (QED) is 0.410. The third-order valence-electron chi connectivity index (χ3n) is 4.87. The van der Waals surface area contributed by atoms with Crippen LogP contribution in [0, 0.1) is 5.92 Å². The number of benzene rings is 1. The second-order valence-electron chi connectivity index (χ2n) is 6.63. The van der Waals surface area contributed by atoms with Crippen LogP contribution in [0.1, 0.15) is 31.7 Å². The van der Waals surface area contributed by atoms with E-state index in [4.69, 9.17) is 4.74 Å². The van der Waals surface area contributed by atoms with Gasteiger partial charge < -0.3 is 20.3 Å². The number of ether oxygens (including phenoxy) is 1. The highest BCUT2D eigenvalue weighted by Crippen LogP contribution is 2.19. The molecule has 5 nitrogen and oxygen atoms in total. The first kappa shape index (κ1) is 19.7. The highest BCUT2D eigenvalue weighted by atomic mass is 16.5. The third kappa shape index (κ3) is 7.88. The summed E-state index contributed by atoms with van der Waals surface area (Å²) in [5.74, 6) is 1.72. The summed E-state index contributed by atoms with van der Waals surface area (Å²) in [7, 11) is 1.82. The van der Waals surface area contributed by atoms with Gasteiger partial charge >= 0.3 is 0 Å². The first-order valence-corrected chi connectivity index (χ1v) is 9.60. The zero-order valence-electron chi connectivity index (χ0n) is 15.8. The second-order valence-corrected chi connectivity index (χ2v) is 6.63. The molecule has 1 fully saturated rings. The number of hydrogen-bond acceptors (Lipinski definition) is 3. The Hall–Kier alpha value is -1.59. The first-order chi connectivity index (χ1) is 12.3.